The van der Waals surface area contributed by atoms with Crippen molar-refractivity contribution in [1.82, 2.24) is 0 Å². The normalized spacial score (nSPS) is 11.7. The van der Waals surface area contributed by atoms with Crippen molar-refractivity contribution in [2.45, 2.75) is 20.3 Å². The van der Waals surface area contributed by atoms with Gasteiger partial charge >= 0.3 is 0 Å². The van der Waals surface area contributed by atoms with Gasteiger partial charge in [0.2, 0.25) is 0 Å². The molecular weight excluding hydrogens is 148 g/mol. The van der Waals surface area contributed by atoms with Crippen molar-refractivity contribution in [2.24, 2.45) is 0 Å². The van der Waals surface area contributed by atoms with Crippen LogP contribution in [0.2, 0.25) is 0 Å². The molecular formula is C11H14O. The van der Waals surface area contributed by atoms with Gasteiger partial charge in [-0.25, -0.2) is 0 Å². The van der Waals surface area contributed by atoms with Gasteiger partial charge in [-0.3, -0.25) is 0 Å². The minimum absolute atomic E-state index is 0.385. The van der Waals surface area contributed by atoms with Gasteiger partial charge in [-0.2, -0.15) is 0 Å². The highest BCUT2D eigenvalue weighted by molar-refractivity contribution is 5.61. The standard InChI is InChI=1S/C11H14O/c1-3-6-11(12)10-8-5-4-7-9(10)2/h4-8,12H,3H2,1-2H3/b11-6-. The van der Waals surface area contributed by atoms with Crippen molar-refractivity contribution < 1.29 is 5.11 Å². The molecule has 1 rings (SSSR count). The summed E-state index contributed by atoms with van der Waals surface area (Å²) in [6.07, 6.45) is 2.68. The van der Waals surface area contributed by atoms with Crippen LogP contribution in [-0.4, -0.2) is 5.11 Å². The van der Waals surface area contributed by atoms with Crippen LogP contribution in [0.1, 0.15) is 24.5 Å². The van der Waals surface area contributed by atoms with E-state index in [0.29, 0.717) is 5.76 Å². The van der Waals surface area contributed by atoms with Gasteiger partial charge < -0.3 is 5.11 Å². The summed E-state index contributed by atoms with van der Waals surface area (Å²) in [6, 6.07) is 7.83. The summed E-state index contributed by atoms with van der Waals surface area (Å²) in [5.74, 6) is 0.385. The number of hydrogen-bond acceptors (Lipinski definition) is 1. The topological polar surface area (TPSA) is 20.2 Å². The van der Waals surface area contributed by atoms with E-state index in [0.717, 1.165) is 17.5 Å². The van der Waals surface area contributed by atoms with Gasteiger partial charge in [-0.05, 0) is 25.0 Å². The smallest absolute Gasteiger partial charge is 0.119 e. The second kappa shape index (κ2) is 3.96. The summed E-state index contributed by atoms with van der Waals surface area (Å²) in [4.78, 5) is 0. The molecule has 0 unspecified atom stereocenters. The molecule has 0 bridgehead atoms. The van der Waals surface area contributed by atoms with Gasteiger partial charge in [-0.15, -0.1) is 0 Å². The van der Waals surface area contributed by atoms with E-state index in [4.69, 9.17) is 0 Å². The molecule has 0 amide bonds. The molecule has 12 heavy (non-hydrogen) atoms. The predicted octanol–water partition coefficient (Wildman–Crippen LogP) is 3.30. The number of aliphatic hydroxyl groups excluding tert-OH is 1. The number of aryl methyl sites for hydroxylation is 1. The zero-order valence-electron chi connectivity index (χ0n) is 7.54. The number of rotatable bonds is 2. The van der Waals surface area contributed by atoms with Crippen LogP contribution in [0, 0.1) is 6.92 Å². The molecule has 0 radical (unpaired) electrons. The number of allylic oxidation sites excluding steroid dienone is 1. The van der Waals surface area contributed by atoms with Crippen LogP contribution in [0.15, 0.2) is 30.3 Å². The first-order chi connectivity index (χ1) is 5.75. The summed E-state index contributed by atoms with van der Waals surface area (Å²) in [5, 5.41) is 9.56. The summed E-state index contributed by atoms with van der Waals surface area (Å²) >= 11 is 0. The number of aliphatic hydroxyl groups is 1. The van der Waals surface area contributed by atoms with E-state index < -0.39 is 0 Å². The third-order valence-electron chi connectivity index (χ3n) is 1.82. The predicted molar refractivity (Wildman–Crippen MR) is 52.1 cm³/mol. The zero-order chi connectivity index (χ0) is 8.97. The second-order valence-corrected chi connectivity index (χ2v) is 2.81. The monoisotopic (exact) mass is 162 g/mol. The van der Waals surface area contributed by atoms with Crippen LogP contribution >= 0.6 is 0 Å². The Bertz CT molecular complexity index is 287. The van der Waals surface area contributed by atoms with Gasteiger partial charge in [0.05, 0.1) is 0 Å². The highest BCUT2D eigenvalue weighted by Crippen LogP contribution is 2.15. The average Bonchev–Trinajstić information content (AvgIpc) is 2.05. The van der Waals surface area contributed by atoms with Gasteiger partial charge in [0.25, 0.3) is 0 Å². The highest BCUT2D eigenvalue weighted by Gasteiger charge is 1.99. The fourth-order valence-electron chi connectivity index (χ4n) is 1.16. The second-order valence-electron chi connectivity index (χ2n) is 2.81. The SMILES string of the molecule is CC/C=C(\O)c1ccccc1C. The Morgan fingerprint density at radius 2 is 2.08 bits per heavy atom. The average molecular weight is 162 g/mol. The minimum atomic E-state index is 0.385. The van der Waals surface area contributed by atoms with Crippen LogP contribution in [0.4, 0.5) is 0 Å². The van der Waals surface area contributed by atoms with Crippen molar-refractivity contribution in [3.8, 4) is 0 Å². The van der Waals surface area contributed by atoms with Crippen LogP contribution in [0.25, 0.3) is 5.76 Å². The molecule has 0 saturated carbocycles. The van der Waals surface area contributed by atoms with E-state index in [1.165, 1.54) is 0 Å². The van der Waals surface area contributed by atoms with Gasteiger partial charge in [-0.1, -0.05) is 31.2 Å². The molecule has 0 aliphatic heterocycles. The first-order valence-electron chi connectivity index (χ1n) is 4.20. The lowest BCUT2D eigenvalue weighted by Crippen LogP contribution is -1.86. The molecule has 0 aliphatic carbocycles. The molecule has 0 heterocycles. The first-order valence-corrected chi connectivity index (χ1v) is 4.20. The molecule has 0 fully saturated rings. The van der Waals surface area contributed by atoms with Crippen molar-refractivity contribution in [3.05, 3.63) is 41.5 Å². The van der Waals surface area contributed by atoms with Crippen LogP contribution < -0.4 is 0 Å². The molecule has 1 aromatic rings. The third-order valence-corrected chi connectivity index (χ3v) is 1.82. The largest absolute Gasteiger partial charge is 0.508 e. The molecule has 0 aromatic heterocycles. The molecule has 0 saturated heterocycles. The Morgan fingerprint density at radius 1 is 1.42 bits per heavy atom. The zero-order valence-corrected chi connectivity index (χ0v) is 7.54. The van der Waals surface area contributed by atoms with Crippen molar-refractivity contribution >= 4 is 5.76 Å². The lowest BCUT2D eigenvalue weighted by molar-refractivity contribution is 0.509. The molecule has 1 aromatic carbocycles. The molecule has 0 spiro atoms. The molecule has 0 aliphatic rings. The van der Waals surface area contributed by atoms with Crippen molar-refractivity contribution in [3.63, 3.8) is 0 Å². The molecule has 0 atom stereocenters. The summed E-state index contributed by atoms with van der Waals surface area (Å²) < 4.78 is 0. The van der Waals surface area contributed by atoms with E-state index in [2.05, 4.69) is 0 Å². The fourth-order valence-corrected chi connectivity index (χ4v) is 1.16. The number of benzene rings is 1. The maximum atomic E-state index is 9.56. The lowest BCUT2D eigenvalue weighted by Gasteiger charge is -2.03. The molecule has 1 nitrogen and oxygen atoms in total. The van der Waals surface area contributed by atoms with E-state index in [-0.39, 0.29) is 0 Å². The Labute approximate surface area is 73.4 Å². The fraction of sp³-hybridized carbons (Fsp3) is 0.273. The highest BCUT2D eigenvalue weighted by atomic mass is 16.3. The molecule has 64 valence electrons. The summed E-state index contributed by atoms with van der Waals surface area (Å²) in [7, 11) is 0. The van der Waals surface area contributed by atoms with Crippen LogP contribution in [-0.2, 0) is 0 Å². The van der Waals surface area contributed by atoms with Crippen molar-refractivity contribution in [2.75, 3.05) is 0 Å². The van der Waals surface area contributed by atoms with Gasteiger partial charge in [0, 0.05) is 5.56 Å². The first kappa shape index (κ1) is 8.85. The van der Waals surface area contributed by atoms with E-state index in [9.17, 15) is 5.11 Å². The van der Waals surface area contributed by atoms with Crippen LogP contribution in [0.5, 0.6) is 0 Å². The van der Waals surface area contributed by atoms with E-state index in [1.807, 2.05) is 44.2 Å². The minimum Gasteiger partial charge on any atom is -0.508 e. The van der Waals surface area contributed by atoms with Crippen LogP contribution in [0.3, 0.4) is 0 Å². The summed E-state index contributed by atoms with van der Waals surface area (Å²) in [5.41, 5.74) is 2.04. The summed E-state index contributed by atoms with van der Waals surface area (Å²) in [6.45, 7) is 4.00. The van der Waals surface area contributed by atoms with Gasteiger partial charge in [0.1, 0.15) is 5.76 Å². The number of hydrogen-bond donors (Lipinski definition) is 1. The van der Waals surface area contributed by atoms with Gasteiger partial charge in [0.15, 0.2) is 0 Å². The molecule has 1 heteroatoms. The van der Waals surface area contributed by atoms with E-state index in [1.54, 1.807) is 0 Å². The maximum Gasteiger partial charge on any atom is 0.119 e. The van der Waals surface area contributed by atoms with Crippen molar-refractivity contribution in [1.29, 1.82) is 0 Å². The molecule has 1 N–H and O–H groups in total. The quantitative estimate of drug-likeness (QED) is 0.661. The lowest BCUT2D eigenvalue weighted by atomic mass is 10.1. The Kier molecular flexibility index (Phi) is 2.92. The Hall–Kier alpha value is -1.24. The third kappa shape index (κ3) is 1.88. The Morgan fingerprint density at radius 3 is 2.67 bits per heavy atom. The Balaban J connectivity index is 3.02. The maximum absolute atomic E-state index is 9.56. The van der Waals surface area contributed by atoms with E-state index >= 15 is 0 Å².